The van der Waals surface area contributed by atoms with Crippen molar-refractivity contribution < 1.29 is 0 Å². The first-order chi connectivity index (χ1) is 8.19. The van der Waals surface area contributed by atoms with Crippen LogP contribution in [0, 0.1) is 18.3 Å². The normalized spacial score (nSPS) is 9.71. The minimum Gasteiger partial charge on any atom is -0.354 e. The van der Waals surface area contributed by atoms with Gasteiger partial charge in [-0.2, -0.15) is 5.26 Å². The Morgan fingerprint density at radius 3 is 2.71 bits per heavy atom. The van der Waals surface area contributed by atoms with Crippen LogP contribution in [0.15, 0.2) is 46.9 Å². The third kappa shape index (κ3) is 2.86. The topological polar surface area (TPSA) is 35.8 Å². The molecule has 0 bridgehead atoms. The van der Waals surface area contributed by atoms with E-state index < -0.39 is 0 Å². The highest BCUT2D eigenvalue weighted by Gasteiger charge is 2.03. The summed E-state index contributed by atoms with van der Waals surface area (Å²) in [6.07, 6.45) is 0. The fourth-order valence-corrected chi connectivity index (χ4v) is 1.96. The van der Waals surface area contributed by atoms with Crippen LogP contribution >= 0.6 is 15.9 Å². The van der Waals surface area contributed by atoms with E-state index in [0.717, 1.165) is 15.8 Å². The molecule has 2 nitrogen and oxygen atoms in total. The molecule has 0 radical (unpaired) electrons. The molecule has 0 saturated heterocycles. The van der Waals surface area contributed by atoms with Gasteiger partial charge in [-0.3, -0.25) is 0 Å². The van der Waals surface area contributed by atoms with Gasteiger partial charge in [-0.1, -0.05) is 28.1 Å². The Balaban J connectivity index is 2.36. The average Bonchev–Trinajstić information content (AvgIpc) is 2.29. The molecule has 0 fully saturated rings. The maximum Gasteiger partial charge on any atom is 0.101 e. The summed E-state index contributed by atoms with van der Waals surface area (Å²) >= 11 is 3.40. The van der Waals surface area contributed by atoms with Crippen molar-refractivity contribution in [2.75, 3.05) is 5.32 Å². The first-order valence-electron chi connectivity index (χ1n) is 5.22. The van der Waals surface area contributed by atoms with Crippen molar-refractivity contribution in [2.45, 2.75) is 6.92 Å². The van der Waals surface area contributed by atoms with E-state index in [-0.39, 0.29) is 0 Å². The monoisotopic (exact) mass is 286 g/mol. The SMILES string of the molecule is Cc1cccc(Nc2cc(Br)ccc2C#N)c1. The molecule has 0 atom stereocenters. The second-order valence-electron chi connectivity index (χ2n) is 3.80. The fraction of sp³-hybridized carbons (Fsp3) is 0.0714. The standard InChI is InChI=1S/C14H11BrN2/c1-10-3-2-4-13(7-10)17-14-8-12(15)6-5-11(14)9-16/h2-8,17H,1H3. The molecule has 1 N–H and O–H groups in total. The van der Waals surface area contributed by atoms with Gasteiger partial charge in [0, 0.05) is 10.2 Å². The van der Waals surface area contributed by atoms with Crippen molar-refractivity contribution in [3.8, 4) is 6.07 Å². The average molecular weight is 287 g/mol. The molecule has 0 spiro atoms. The largest absolute Gasteiger partial charge is 0.354 e. The van der Waals surface area contributed by atoms with E-state index >= 15 is 0 Å². The number of nitrogens with zero attached hydrogens (tertiary/aromatic N) is 1. The lowest BCUT2D eigenvalue weighted by Crippen LogP contribution is -1.93. The van der Waals surface area contributed by atoms with Gasteiger partial charge in [-0.15, -0.1) is 0 Å². The Kier molecular flexibility index (Phi) is 3.46. The minimum absolute atomic E-state index is 0.634. The van der Waals surface area contributed by atoms with Gasteiger partial charge in [0.1, 0.15) is 6.07 Å². The molecule has 0 unspecified atom stereocenters. The van der Waals surface area contributed by atoms with Gasteiger partial charge in [0.05, 0.1) is 11.3 Å². The van der Waals surface area contributed by atoms with Crippen LogP contribution in [0.25, 0.3) is 0 Å². The van der Waals surface area contributed by atoms with Crippen molar-refractivity contribution in [3.63, 3.8) is 0 Å². The molecule has 0 aromatic heterocycles. The number of hydrogen-bond donors (Lipinski definition) is 1. The molecule has 2 rings (SSSR count). The summed E-state index contributed by atoms with van der Waals surface area (Å²) in [6.45, 7) is 2.04. The molecular weight excluding hydrogens is 276 g/mol. The van der Waals surface area contributed by atoms with E-state index in [1.54, 1.807) is 6.07 Å². The molecule has 0 amide bonds. The number of nitriles is 1. The molecular formula is C14H11BrN2. The van der Waals surface area contributed by atoms with Crippen molar-refractivity contribution in [3.05, 3.63) is 58.1 Å². The lowest BCUT2D eigenvalue weighted by molar-refractivity contribution is 1.43. The summed E-state index contributed by atoms with van der Waals surface area (Å²) in [7, 11) is 0. The van der Waals surface area contributed by atoms with Gasteiger partial charge >= 0.3 is 0 Å². The van der Waals surface area contributed by atoms with Crippen molar-refractivity contribution in [1.82, 2.24) is 0 Å². The lowest BCUT2D eigenvalue weighted by atomic mass is 10.1. The molecule has 0 heterocycles. The van der Waals surface area contributed by atoms with Crippen LogP contribution < -0.4 is 5.32 Å². The zero-order valence-corrected chi connectivity index (χ0v) is 11.0. The maximum absolute atomic E-state index is 9.04. The number of hydrogen-bond acceptors (Lipinski definition) is 2. The fourth-order valence-electron chi connectivity index (χ4n) is 1.60. The molecule has 2 aromatic carbocycles. The van der Waals surface area contributed by atoms with Gasteiger partial charge in [-0.05, 0) is 42.8 Å². The second-order valence-corrected chi connectivity index (χ2v) is 4.71. The highest BCUT2D eigenvalue weighted by Crippen LogP contribution is 2.24. The molecule has 17 heavy (non-hydrogen) atoms. The number of halogens is 1. The zero-order valence-electron chi connectivity index (χ0n) is 9.37. The van der Waals surface area contributed by atoms with Crippen molar-refractivity contribution in [2.24, 2.45) is 0 Å². The Morgan fingerprint density at radius 1 is 1.18 bits per heavy atom. The van der Waals surface area contributed by atoms with Crippen LogP contribution in [0.5, 0.6) is 0 Å². The van der Waals surface area contributed by atoms with E-state index in [9.17, 15) is 0 Å². The quantitative estimate of drug-likeness (QED) is 0.890. The predicted octanol–water partition coefficient (Wildman–Crippen LogP) is 4.37. The summed E-state index contributed by atoms with van der Waals surface area (Å²) < 4.78 is 0.951. The first kappa shape index (κ1) is 11.7. The van der Waals surface area contributed by atoms with E-state index in [0.29, 0.717) is 5.56 Å². The molecule has 84 valence electrons. The number of aryl methyl sites for hydroxylation is 1. The summed E-state index contributed by atoms with van der Waals surface area (Å²) in [5, 5.41) is 12.3. The van der Waals surface area contributed by atoms with Crippen LogP contribution in [0.2, 0.25) is 0 Å². The van der Waals surface area contributed by atoms with E-state index in [1.807, 2.05) is 43.3 Å². The first-order valence-corrected chi connectivity index (χ1v) is 6.01. The van der Waals surface area contributed by atoms with Crippen LogP contribution in [0.1, 0.15) is 11.1 Å². The maximum atomic E-state index is 9.04. The zero-order chi connectivity index (χ0) is 12.3. The Hall–Kier alpha value is -1.79. The van der Waals surface area contributed by atoms with Gasteiger partial charge in [0.15, 0.2) is 0 Å². The third-order valence-corrected chi connectivity index (χ3v) is 2.89. The molecule has 0 aliphatic heterocycles. The van der Waals surface area contributed by atoms with Crippen LogP contribution in [-0.4, -0.2) is 0 Å². The summed E-state index contributed by atoms with van der Waals surface area (Å²) in [6, 6.07) is 15.8. The smallest absolute Gasteiger partial charge is 0.101 e. The van der Waals surface area contributed by atoms with Gasteiger partial charge in [-0.25, -0.2) is 0 Å². The minimum atomic E-state index is 0.634. The van der Waals surface area contributed by atoms with Crippen LogP contribution in [0.4, 0.5) is 11.4 Å². The highest BCUT2D eigenvalue weighted by molar-refractivity contribution is 9.10. The van der Waals surface area contributed by atoms with Gasteiger partial charge in [0.25, 0.3) is 0 Å². The van der Waals surface area contributed by atoms with Crippen molar-refractivity contribution >= 4 is 27.3 Å². The number of anilines is 2. The van der Waals surface area contributed by atoms with E-state index in [1.165, 1.54) is 5.56 Å². The van der Waals surface area contributed by atoms with Gasteiger partial charge in [0.2, 0.25) is 0 Å². The van der Waals surface area contributed by atoms with Gasteiger partial charge < -0.3 is 5.32 Å². The van der Waals surface area contributed by atoms with E-state index in [2.05, 4.69) is 27.3 Å². The Morgan fingerprint density at radius 2 is 2.00 bits per heavy atom. The molecule has 0 saturated carbocycles. The number of nitrogens with one attached hydrogen (secondary N) is 1. The van der Waals surface area contributed by atoms with E-state index in [4.69, 9.17) is 5.26 Å². The predicted molar refractivity (Wildman–Crippen MR) is 73.3 cm³/mol. The number of rotatable bonds is 2. The molecule has 2 aromatic rings. The second kappa shape index (κ2) is 5.03. The summed E-state index contributed by atoms with van der Waals surface area (Å²) in [5.74, 6) is 0. The molecule has 3 heteroatoms. The third-order valence-electron chi connectivity index (χ3n) is 2.40. The summed E-state index contributed by atoms with van der Waals surface area (Å²) in [5.41, 5.74) is 3.62. The lowest BCUT2D eigenvalue weighted by Gasteiger charge is -2.09. The van der Waals surface area contributed by atoms with Crippen molar-refractivity contribution in [1.29, 1.82) is 5.26 Å². The Labute approximate surface area is 109 Å². The number of benzene rings is 2. The summed E-state index contributed by atoms with van der Waals surface area (Å²) in [4.78, 5) is 0. The molecule has 0 aliphatic rings. The van der Waals surface area contributed by atoms with Crippen LogP contribution in [-0.2, 0) is 0 Å². The Bertz CT molecular complexity index is 585. The van der Waals surface area contributed by atoms with Crippen LogP contribution in [0.3, 0.4) is 0 Å². The highest BCUT2D eigenvalue weighted by atomic mass is 79.9. The molecule has 0 aliphatic carbocycles.